The maximum absolute atomic E-state index is 6.16. The lowest BCUT2D eigenvalue weighted by Gasteiger charge is -2.10. The SMILES string of the molecule is COc1cccc(Nc2ncc(-c3cnc4ccccc4c3)c(N)n2)c1. The molecule has 0 aliphatic rings. The third-order valence-electron chi connectivity index (χ3n) is 4.05. The number of aromatic nitrogens is 3. The number of pyridine rings is 1. The van der Waals surface area contributed by atoms with Crippen LogP contribution in [0.3, 0.4) is 0 Å². The van der Waals surface area contributed by atoms with Gasteiger partial charge in [0.1, 0.15) is 11.6 Å². The summed E-state index contributed by atoms with van der Waals surface area (Å²) in [6, 6.07) is 17.5. The number of ether oxygens (including phenoxy) is 1. The van der Waals surface area contributed by atoms with Gasteiger partial charge in [-0.15, -0.1) is 0 Å². The van der Waals surface area contributed by atoms with Crippen molar-refractivity contribution < 1.29 is 4.74 Å². The number of benzene rings is 2. The predicted molar refractivity (Wildman–Crippen MR) is 103 cm³/mol. The molecule has 128 valence electrons. The van der Waals surface area contributed by atoms with Gasteiger partial charge < -0.3 is 15.8 Å². The van der Waals surface area contributed by atoms with Crippen molar-refractivity contribution in [3.05, 3.63) is 67.0 Å². The fraction of sp³-hybridized carbons (Fsp3) is 0.0500. The lowest BCUT2D eigenvalue weighted by Crippen LogP contribution is -2.02. The highest BCUT2D eigenvalue weighted by atomic mass is 16.5. The molecule has 0 aliphatic heterocycles. The topological polar surface area (TPSA) is 86.0 Å². The van der Waals surface area contributed by atoms with Crippen molar-refractivity contribution in [2.45, 2.75) is 0 Å². The lowest BCUT2D eigenvalue weighted by molar-refractivity contribution is 0.415. The van der Waals surface area contributed by atoms with Crippen molar-refractivity contribution in [3.8, 4) is 16.9 Å². The maximum atomic E-state index is 6.16. The first-order chi connectivity index (χ1) is 12.7. The van der Waals surface area contributed by atoms with Crippen LogP contribution in [0.1, 0.15) is 0 Å². The summed E-state index contributed by atoms with van der Waals surface area (Å²) in [5.41, 5.74) is 9.56. The summed E-state index contributed by atoms with van der Waals surface area (Å²) in [5, 5.41) is 4.17. The van der Waals surface area contributed by atoms with Crippen molar-refractivity contribution >= 4 is 28.4 Å². The molecule has 0 fully saturated rings. The van der Waals surface area contributed by atoms with Crippen LogP contribution in [0.25, 0.3) is 22.0 Å². The first-order valence-electron chi connectivity index (χ1n) is 8.12. The van der Waals surface area contributed by atoms with E-state index < -0.39 is 0 Å². The summed E-state index contributed by atoms with van der Waals surface area (Å²) in [6.45, 7) is 0. The molecule has 3 N–H and O–H groups in total. The number of methoxy groups -OCH3 is 1. The molecule has 0 amide bonds. The number of nitrogens with two attached hydrogens (primary N) is 1. The van der Waals surface area contributed by atoms with Crippen LogP contribution in [0.4, 0.5) is 17.5 Å². The second-order valence-electron chi connectivity index (χ2n) is 5.77. The Morgan fingerprint density at radius 1 is 0.962 bits per heavy atom. The van der Waals surface area contributed by atoms with Gasteiger partial charge >= 0.3 is 0 Å². The fourth-order valence-corrected chi connectivity index (χ4v) is 2.73. The van der Waals surface area contributed by atoms with Crippen molar-refractivity contribution in [2.24, 2.45) is 0 Å². The molecule has 26 heavy (non-hydrogen) atoms. The number of nitrogens with zero attached hydrogens (tertiary/aromatic N) is 3. The second kappa shape index (κ2) is 6.68. The van der Waals surface area contributed by atoms with Crippen LogP contribution in [0.2, 0.25) is 0 Å². The van der Waals surface area contributed by atoms with E-state index in [0.717, 1.165) is 33.5 Å². The van der Waals surface area contributed by atoms with Gasteiger partial charge in [-0.1, -0.05) is 24.3 Å². The summed E-state index contributed by atoms with van der Waals surface area (Å²) in [4.78, 5) is 13.2. The van der Waals surface area contributed by atoms with Gasteiger partial charge in [-0.05, 0) is 24.3 Å². The van der Waals surface area contributed by atoms with E-state index in [1.54, 1.807) is 19.5 Å². The van der Waals surface area contributed by atoms with E-state index in [9.17, 15) is 0 Å². The number of rotatable bonds is 4. The first kappa shape index (κ1) is 15.8. The summed E-state index contributed by atoms with van der Waals surface area (Å²) in [7, 11) is 1.62. The van der Waals surface area contributed by atoms with Crippen LogP contribution >= 0.6 is 0 Å². The molecule has 2 heterocycles. The van der Waals surface area contributed by atoms with E-state index in [4.69, 9.17) is 10.5 Å². The average molecular weight is 343 g/mol. The molecule has 0 radical (unpaired) electrons. The Bertz CT molecular complexity index is 1080. The van der Waals surface area contributed by atoms with E-state index in [1.807, 2.05) is 54.6 Å². The molecule has 6 nitrogen and oxygen atoms in total. The summed E-state index contributed by atoms with van der Waals surface area (Å²) in [5.74, 6) is 1.57. The second-order valence-corrected chi connectivity index (χ2v) is 5.77. The van der Waals surface area contributed by atoms with E-state index in [-0.39, 0.29) is 0 Å². The summed E-state index contributed by atoms with van der Waals surface area (Å²) >= 11 is 0. The molecule has 6 heteroatoms. The van der Waals surface area contributed by atoms with Gasteiger partial charge in [0.15, 0.2) is 0 Å². The molecule has 0 bridgehead atoms. The van der Waals surface area contributed by atoms with Crippen LogP contribution in [0, 0.1) is 0 Å². The molecule has 0 spiro atoms. The van der Waals surface area contributed by atoms with Crippen molar-refractivity contribution in [1.29, 1.82) is 0 Å². The number of hydrogen-bond donors (Lipinski definition) is 2. The molecule has 4 rings (SSSR count). The van der Waals surface area contributed by atoms with Crippen LogP contribution in [-0.2, 0) is 0 Å². The molecule has 0 atom stereocenters. The van der Waals surface area contributed by atoms with Gasteiger partial charge in [0.25, 0.3) is 0 Å². The number of anilines is 3. The van der Waals surface area contributed by atoms with E-state index in [2.05, 4.69) is 20.3 Å². The molecule has 2 aromatic carbocycles. The molecule has 0 aliphatic carbocycles. The van der Waals surface area contributed by atoms with E-state index >= 15 is 0 Å². The Morgan fingerprint density at radius 2 is 1.85 bits per heavy atom. The van der Waals surface area contributed by atoms with Crippen LogP contribution < -0.4 is 15.8 Å². The lowest BCUT2D eigenvalue weighted by atomic mass is 10.1. The minimum Gasteiger partial charge on any atom is -0.497 e. The molecule has 4 aromatic rings. The number of para-hydroxylation sites is 1. The number of nitrogens with one attached hydrogen (secondary N) is 1. The normalized spacial score (nSPS) is 10.7. The molecule has 0 saturated carbocycles. The highest BCUT2D eigenvalue weighted by Crippen LogP contribution is 2.27. The number of hydrogen-bond acceptors (Lipinski definition) is 6. The predicted octanol–water partition coefficient (Wildman–Crippen LogP) is 4.03. The smallest absolute Gasteiger partial charge is 0.229 e. The van der Waals surface area contributed by atoms with Gasteiger partial charge in [0, 0.05) is 40.7 Å². The standard InChI is InChI=1S/C20H17N5O/c1-26-16-7-4-6-15(10-16)24-20-23-12-17(19(21)25-20)14-9-13-5-2-3-8-18(13)22-11-14/h2-12H,1H3,(H3,21,23,24,25). The third kappa shape index (κ3) is 3.12. The zero-order chi connectivity index (χ0) is 17.9. The Hall–Kier alpha value is -3.67. The maximum Gasteiger partial charge on any atom is 0.229 e. The summed E-state index contributed by atoms with van der Waals surface area (Å²) < 4.78 is 5.22. The highest BCUT2D eigenvalue weighted by Gasteiger charge is 2.09. The largest absolute Gasteiger partial charge is 0.497 e. The van der Waals surface area contributed by atoms with E-state index in [0.29, 0.717) is 11.8 Å². The zero-order valence-corrected chi connectivity index (χ0v) is 14.2. The molecule has 0 unspecified atom stereocenters. The molecule has 2 aromatic heterocycles. The van der Waals surface area contributed by atoms with Crippen LogP contribution in [-0.4, -0.2) is 22.1 Å². The Balaban J connectivity index is 1.64. The van der Waals surface area contributed by atoms with Crippen molar-refractivity contribution in [3.63, 3.8) is 0 Å². The van der Waals surface area contributed by atoms with Gasteiger partial charge in [-0.2, -0.15) is 4.98 Å². The average Bonchev–Trinajstić information content (AvgIpc) is 2.68. The molecular weight excluding hydrogens is 326 g/mol. The minimum absolute atomic E-state index is 0.391. The Kier molecular flexibility index (Phi) is 4.07. The number of nitrogen functional groups attached to an aromatic ring is 1. The van der Waals surface area contributed by atoms with E-state index in [1.165, 1.54) is 0 Å². The zero-order valence-electron chi connectivity index (χ0n) is 14.2. The van der Waals surface area contributed by atoms with Crippen LogP contribution in [0.15, 0.2) is 67.0 Å². The van der Waals surface area contributed by atoms with Gasteiger partial charge in [0.05, 0.1) is 12.6 Å². The highest BCUT2D eigenvalue weighted by molar-refractivity contribution is 5.85. The Morgan fingerprint density at radius 3 is 2.69 bits per heavy atom. The van der Waals surface area contributed by atoms with Gasteiger partial charge in [-0.25, -0.2) is 4.98 Å². The summed E-state index contributed by atoms with van der Waals surface area (Å²) in [6.07, 6.45) is 3.49. The van der Waals surface area contributed by atoms with Crippen LogP contribution in [0.5, 0.6) is 5.75 Å². The van der Waals surface area contributed by atoms with Crippen molar-refractivity contribution in [2.75, 3.05) is 18.2 Å². The molecule has 0 saturated heterocycles. The number of fused-ring (bicyclic) bond motifs is 1. The Labute approximate surface area is 150 Å². The fourth-order valence-electron chi connectivity index (χ4n) is 2.73. The first-order valence-corrected chi connectivity index (χ1v) is 8.12. The van der Waals surface area contributed by atoms with Gasteiger partial charge in [-0.3, -0.25) is 4.98 Å². The van der Waals surface area contributed by atoms with Crippen molar-refractivity contribution in [1.82, 2.24) is 15.0 Å². The monoisotopic (exact) mass is 343 g/mol. The third-order valence-corrected chi connectivity index (χ3v) is 4.05. The quantitative estimate of drug-likeness (QED) is 0.582. The minimum atomic E-state index is 0.391. The van der Waals surface area contributed by atoms with Gasteiger partial charge in [0.2, 0.25) is 5.95 Å². The molecular formula is C20H17N5O.